The molecule has 2 aromatic carbocycles. The predicted octanol–water partition coefficient (Wildman–Crippen LogP) is 4.21. The van der Waals surface area contributed by atoms with Gasteiger partial charge in [-0.05, 0) is 12.1 Å². The van der Waals surface area contributed by atoms with E-state index in [4.69, 9.17) is 4.98 Å². The smallest absolute Gasteiger partial charge is 0.269 e. The van der Waals surface area contributed by atoms with Crippen LogP contribution in [0.4, 0.5) is 5.69 Å². The molecule has 0 atom stereocenters. The first-order chi connectivity index (χ1) is 14.6. The highest BCUT2D eigenvalue weighted by Gasteiger charge is 2.24. The maximum atomic E-state index is 12.6. The topological polar surface area (TPSA) is 80.8 Å². The number of benzene rings is 2. The molecule has 0 spiro atoms. The quantitative estimate of drug-likeness (QED) is 0.275. The second-order valence-corrected chi connectivity index (χ2v) is 8.37. The Kier molecular flexibility index (Phi) is 4.65. The molecule has 1 aliphatic rings. The van der Waals surface area contributed by atoms with E-state index in [1.807, 2.05) is 18.2 Å². The van der Waals surface area contributed by atoms with Crippen LogP contribution < -0.4 is 0 Å². The van der Waals surface area contributed by atoms with E-state index in [0.29, 0.717) is 18.7 Å². The maximum absolute atomic E-state index is 12.6. The number of nitrogens with zero attached hydrogens (tertiary/aromatic N) is 4. The van der Waals surface area contributed by atoms with Crippen LogP contribution in [0.2, 0.25) is 0 Å². The molecule has 1 aliphatic heterocycles. The lowest BCUT2D eigenvalue weighted by atomic mass is 10.1. The number of nitro benzene ring substituents is 1. The van der Waals surface area contributed by atoms with E-state index in [1.165, 1.54) is 34.8 Å². The van der Waals surface area contributed by atoms with Gasteiger partial charge in [0.15, 0.2) is 10.7 Å². The standard InChI is InChI=1S/C22H18N4O3S/c27-20(16-6-8-17(9-7-16)26(28)29)13-24-11-10-19-21(14-24)30-22-23-18(12-25(19)22)15-4-2-1-3-5-15/h1-9,12H,10-11,13-14H2. The van der Waals surface area contributed by atoms with Gasteiger partial charge in [0.1, 0.15) is 0 Å². The molecular weight excluding hydrogens is 400 g/mol. The summed E-state index contributed by atoms with van der Waals surface area (Å²) >= 11 is 1.67. The summed E-state index contributed by atoms with van der Waals surface area (Å²) in [6.45, 7) is 1.80. The van der Waals surface area contributed by atoms with Crippen LogP contribution >= 0.6 is 11.3 Å². The lowest BCUT2D eigenvalue weighted by Crippen LogP contribution is -2.34. The highest BCUT2D eigenvalue weighted by Crippen LogP contribution is 2.31. The number of nitro groups is 1. The van der Waals surface area contributed by atoms with Gasteiger partial charge in [-0.2, -0.15) is 0 Å². The van der Waals surface area contributed by atoms with Crippen molar-refractivity contribution >= 4 is 27.8 Å². The average Bonchev–Trinajstić information content (AvgIpc) is 3.32. The zero-order valence-corrected chi connectivity index (χ0v) is 16.8. The van der Waals surface area contributed by atoms with E-state index in [9.17, 15) is 14.9 Å². The van der Waals surface area contributed by atoms with Crippen molar-refractivity contribution < 1.29 is 9.72 Å². The van der Waals surface area contributed by atoms with Crippen LogP contribution in [0.3, 0.4) is 0 Å². The summed E-state index contributed by atoms with van der Waals surface area (Å²) in [5.41, 5.74) is 3.84. The predicted molar refractivity (Wildman–Crippen MR) is 115 cm³/mol. The minimum absolute atomic E-state index is 0.00836. The zero-order chi connectivity index (χ0) is 20.7. The third kappa shape index (κ3) is 3.40. The minimum atomic E-state index is -0.462. The number of carbonyl (C=O) groups excluding carboxylic acids is 1. The fourth-order valence-corrected chi connectivity index (χ4v) is 5.00. The Hall–Kier alpha value is -3.36. The number of imidazole rings is 1. The van der Waals surface area contributed by atoms with E-state index >= 15 is 0 Å². The molecule has 0 saturated carbocycles. The molecule has 2 aromatic heterocycles. The van der Waals surface area contributed by atoms with Gasteiger partial charge in [-0.25, -0.2) is 4.98 Å². The largest absolute Gasteiger partial charge is 0.294 e. The van der Waals surface area contributed by atoms with Crippen LogP contribution in [0.25, 0.3) is 16.2 Å². The van der Waals surface area contributed by atoms with Crippen LogP contribution in [-0.2, 0) is 13.0 Å². The third-order valence-corrected chi connectivity index (χ3v) is 6.45. The third-order valence-electron chi connectivity index (χ3n) is 5.37. The van der Waals surface area contributed by atoms with Crippen LogP contribution in [0, 0.1) is 10.1 Å². The van der Waals surface area contributed by atoms with E-state index in [2.05, 4.69) is 27.6 Å². The first-order valence-electron chi connectivity index (χ1n) is 9.63. The zero-order valence-electron chi connectivity index (χ0n) is 16.0. The molecule has 7 nitrogen and oxygen atoms in total. The molecule has 0 bridgehead atoms. The molecule has 0 amide bonds. The number of carbonyl (C=O) groups is 1. The van der Waals surface area contributed by atoms with Crippen molar-refractivity contribution in [3.8, 4) is 11.3 Å². The van der Waals surface area contributed by atoms with Crippen molar-refractivity contribution in [2.75, 3.05) is 13.1 Å². The summed E-state index contributed by atoms with van der Waals surface area (Å²) < 4.78 is 2.18. The van der Waals surface area contributed by atoms with Gasteiger partial charge in [-0.1, -0.05) is 41.7 Å². The molecule has 0 unspecified atom stereocenters. The fourth-order valence-electron chi connectivity index (χ4n) is 3.81. The summed E-state index contributed by atoms with van der Waals surface area (Å²) in [7, 11) is 0. The number of aromatic nitrogens is 2. The average molecular weight is 418 g/mol. The van der Waals surface area contributed by atoms with Gasteiger partial charge < -0.3 is 0 Å². The number of thiazole rings is 1. The van der Waals surface area contributed by atoms with Crippen molar-refractivity contribution in [2.45, 2.75) is 13.0 Å². The van der Waals surface area contributed by atoms with Gasteiger partial charge >= 0.3 is 0 Å². The molecule has 0 aliphatic carbocycles. The Morgan fingerprint density at radius 1 is 1.13 bits per heavy atom. The monoisotopic (exact) mass is 418 g/mol. The Balaban J connectivity index is 1.31. The number of Topliss-reactive ketones (excluding diaryl/α,β-unsaturated/α-hetero) is 1. The van der Waals surface area contributed by atoms with Gasteiger partial charge in [-0.15, -0.1) is 0 Å². The number of rotatable bonds is 5. The molecule has 0 radical (unpaired) electrons. The molecule has 5 rings (SSSR count). The van der Waals surface area contributed by atoms with Crippen molar-refractivity contribution in [2.24, 2.45) is 0 Å². The lowest BCUT2D eigenvalue weighted by molar-refractivity contribution is -0.384. The van der Waals surface area contributed by atoms with E-state index in [0.717, 1.165) is 29.2 Å². The molecule has 30 heavy (non-hydrogen) atoms. The first-order valence-corrected chi connectivity index (χ1v) is 10.5. The number of non-ortho nitro benzene ring substituents is 1. The fraction of sp³-hybridized carbons (Fsp3) is 0.182. The molecule has 0 N–H and O–H groups in total. The maximum Gasteiger partial charge on any atom is 0.269 e. The summed E-state index contributed by atoms with van der Waals surface area (Å²) in [6.07, 6.45) is 2.95. The Labute approximate surface area is 176 Å². The van der Waals surface area contributed by atoms with Crippen LogP contribution in [-0.4, -0.2) is 38.1 Å². The van der Waals surface area contributed by atoms with Gasteiger partial charge in [0.25, 0.3) is 5.69 Å². The van der Waals surface area contributed by atoms with Crippen molar-refractivity contribution in [1.29, 1.82) is 0 Å². The van der Waals surface area contributed by atoms with Gasteiger partial charge in [-0.3, -0.25) is 24.2 Å². The van der Waals surface area contributed by atoms with Gasteiger partial charge in [0.05, 0.1) is 17.2 Å². The van der Waals surface area contributed by atoms with E-state index < -0.39 is 4.92 Å². The van der Waals surface area contributed by atoms with Crippen molar-refractivity contribution in [3.05, 3.63) is 87.0 Å². The van der Waals surface area contributed by atoms with Crippen molar-refractivity contribution in [1.82, 2.24) is 14.3 Å². The SMILES string of the molecule is O=C(CN1CCc2c(sc3nc(-c4ccccc4)cn23)C1)c1ccc([N+](=O)[O-])cc1. The van der Waals surface area contributed by atoms with E-state index in [1.54, 1.807) is 11.3 Å². The highest BCUT2D eigenvalue weighted by molar-refractivity contribution is 7.17. The highest BCUT2D eigenvalue weighted by atomic mass is 32.1. The summed E-state index contributed by atoms with van der Waals surface area (Å²) in [6, 6.07) is 15.9. The van der Waals surface area contributed by atoms with E-state index in [-0.39, 0.29) is 11.5 Å². The Morgan fingerprint density at radius 3 is 2.63 bits per heavy atom. The Bertz CT molecular complexity index is 1240. The van der Waals surface area contributed by atoms with Crippen LogP contribution in [0.15, 0.2) is 60.8 Å². The lowest BCUT2D eigenvalue weighted by Gasteiger charge is -2.25. The summed E-state index contributed by atoms with van der Waals surface area (Å²) in [4.78, 5) is 32.0. The molecule has 0 saturated heterocycles. The summed E-state index contributed by atoms with van der Waals surface area (Å²) in [5, 5.41) is 10.8. The molecule has 150 valence electrons. The van der Waals surface area contributed by atoms with Gasteiger partial charge in [0.2, 0.25) is 0 Å². The molecular formula is C22H18N4O3S. The molecule has 8 heteroatoms. The molecule has 4 aromatic rings. The minimum Gasteiger partial charge on any atom is -0.294 e. The number of hydrogen-bond donors (Lipinski definition) is 0. The second-order valence-electron chi connectivity index (χ2n) is 7.30. The summed E-state index contributed by atoms with van der Waals surface area (Å²) in [5.74, 6) is -0.0268. The molecule has 0 fully saturated rings. The first kappa shape index (κ1) is 18.7. The normalized spacial score (nSPS) is 14.0. The molecule has 3 heterocycles. The Morgan fingerprint density at radius 2 is 1.90 bits per heavy atom. The number of hydrogen-bond acceptors (Lipinski definition) is 6. The van der Waals surface area contributed by atoms with Crippen LogP contribution in [0.1, 0.15) is 20.9 Å². The number of fused-ring (bicyclic) bond motifs is 3. The van der Waals surface area contributed by atoms with Crippen molar-refractivity contribution in [3.63, 3.8) is 0 Å². The van der Waals surface area contributed by atoms with Gasteiger partial charge in [0, 0.05) is 59.5 Å². The number of ketones is 1. The van der Waals surface area contributed by atoms with Crippen LogP contribution in [0.5, 0.6) is 0 Å². The second kappa shape index (κ2) is 7.47.